The fourth-order valence-corrected chi connectivity index (χ4v) is 1.41. The largest absolute Gasteiger partial charge is 0.403 e. The third kappa shape index (κ3) is 3.52. The smallest absolute Gasteiger partial charge is 0.378 e. The lowest BCUT2D eigenvalue weighted by Crippen LogP contribution is -2.41. The lowest BCUT2D eigenvalue weighted by Gasteiger charge is -2.26. The summed E-state index contributed by atoms with van der Waals surface area (Å²) < 4.78 is 41.2. The number of hydrogen-bond acceptors (Lipinski definition) is 2. The zero-order valence-electron chi connectivity index (χ0n) is 7.31. The van der Waals surface area contributed by atoms with Crippen LogP contribution in [0.15, 0.2) is 0 Å². The highest BCUT2D eigenvalue weighted by Gasteiger charge is 2.38. The van der Waals surface area contributed by atoms with Crippen molar-refractivity contribution in [3.8, 4) is 0 Å². The molecule has 1 rings (SSSR count). The molecule has 13 heavy (non-hydrogen) atoms. The van der Waals surface area contributed by atoms with Gasteiger partial charge in [0, 0.05) is 6.61 Å². The van der Waals surface area contributed by atoms with Crippen LogP contribution in [-0.4, -0.2) is 24.9 Å². The molecule has 0 amide bonds. The van der Waals surface area contributed by atoms with E-state index in [9.17, 15) is 13.2 Å². The van der Waals surface area contributed by atoms with Crippen LogP contribution in [0.5, 0.6) is 0 Å². The molecule has 1 heterocycles. The molecule has 1 aliphatic rings. The Morgan fingerprint density at radius 2 is 2.08 bits per heavy atom. The zero-order chi connectivity index (χ0) is 9.90. The molecule has 2 atom stereocenters. The molecule has 0 aliphatic carbocycles. The van der Waals surface area contributed by atoms with E-state index in [0.29, 0.717) is 13.0 Å². The maximum atomic E-state index is 12.0. The van der Waals surface area contributed by atoms with Gasteiger partial charge in [-0.05, 0) is 25.7 Å². The Morgan fingerprint density at radius 3 is 2.54 bits per heavy atom. The van der Waals surface area contributed by atoms with Gasteiger partial charge in [0.2, 0.25) is 0 Å². The Balaban J connectivity index is 2.30. The van der Waals surface area contributed by atoms with Crippen LogP contribution in [0.2, 0.25) is 0 Å². The standard InChI is InChI=1S/C8H14F3NO/c9-8(10,11)7(12)5-6-3-1-2-4-13-6/h6-7H,1-5,12H2. The Kier molecular flexibility index (Phi) is 3.55. The average molecular weight is 197 g/mol. The van der Waals surface area contributed by atoms with E-state index in [1.54, 1.807) is 0 Å². The van der Waals surface area contributed by atoms with E-state index >= 15 is 0 Å². The SMILES string of the molecule is NC(CC1CCCCO1)C(F)(F)F. The van der Waals surface area contributed by atoms with Gasteiger partial charge in [0.25, 0.3) is 0 Å². The second kappa shape index (κ2) is 4.28. The molecule has 2 unspecified atom stereocenters. The number of hydrogen-bond donors (Lipinski definition) is 1. The highest BCUT2D eigenvalue weighted by atomic mass is 19.4. The van der Waals surface area contributed by atoms with Crippen LogP contribution >= 0.6 is 0 Å². The van der Waals surface area contributed by atoms with Crippen LogP contribution in [0.4, 0.5) is 13.2 Å². The molecule has 0 aromatic heterocycles. The Morgan fingerprint density at radius 1 is 1.38 bits per heavy atom. The van der Waals surface area contributed by atoms with E-state index in [2.05, 4.69) is 0 Å². The van der Waals surface area contributed by atoms with Gasteiger partial charge in [0.05, 0.1) is 6.10 Å². The lowest BCUT2D eigenvalue weighted by atomic mass is 10.0. The van der Waals surface area contributed by atoms with E-state index in [0.717, 1.165) is 12.8 Å². The summed E-state index contributed by atoms with van der Waals surface area (Å²) in [5.74, 6) is 0. The van der Waals surface area contributed by atoms with Gasteiger partial charge in [0.15, 0.2) is 0 Å². The van der Waals surface area contributed by atoms with Gasteiger partial charge >= 0.3 is 6.18 Å². The van der Waals surface area contributed by atoms with Crippen molar-refractivity contribution in [2.24, 2.45) is 5.73 Å². The van der Waals surface area contributed by atoms with Crippen molar-refractivity contribution in [2.45, 2.75) is 44.0 Å². The van der Waals surface area contributed by atoms with Gasteiger partial charge in [-0.3, -0.25) is 0 Å². The first-order chi connectivity index (χ1) is 6.00. The van der Waals surface area contributed by atoms with Crippen LogP contribution in [0.1, 0.15) is 25.7 Å². The van der Waals surface area contributed by atoms with Gasteiger partial charge in [-0.2, -0.15) is 13.2 Å². The summed E-state index contributed by atoms with van der Waals surface area (Å²) in [5, 5.41) is 0. The van der Waals surface area contributed by atoms with Crippen LogP contribution in [-0.2, 0) is 4.74 Å². The number of ether oxygens (including phenoxy) is 1. The van der Waals surface area contributed by atoms with Crippen molar-refractivity contribution < 1.29 is 17.9 Å². The third-order valence-electron chi connectivity index (χ3n) is 2.21. The molecule has 2 nitrogen and oxygen atoms in total. The molecule has 0 aromatic carbocycles. The summed E-state index contributed by atoms with van der Waals surface area (Å²) in [6, 6.07) is -1.74. The van der Waals surface area contributed by atoms with Gasteiger partial charge in [-0.25, -0.2) is 0 Å². The van der Waals surface area contributed by atoms with Crippen molar-refractivity contribution in [1.82, 2.24) is 0 Å². The predicted molar refractivity (Wildman–Crippen MR) is 42.2 cm³/mol. The van der Waals surface area contributed by atoms with E-state index < -0.39 is 12.2 Å². The maximum absolute atomic E-state index is 12.0. The van der Waals surface area contributed by atoms with Gasteiger partial charge in [-0.15, -0.1) is 0 Å². The predicted octanol–water partition coefficient (Wildman–Crippen LogP) is 1.84. The number of alkyl halides is 3. The van der Waals surface area contributed by atoms with Crippen molar-refractivity contribution >= 4 is 0 Å². The fraction of sp³-hybridized carbons (Fsp3) is 1.00. The molecule has 0 bridgehead atoms. The Bertz CT molecular complexity index is 154. The summed E-state index contributed by atoms with van der Waals surface area (Å²) in [5.41, 5.74) is 4.98. The van der Waals surface area contributed by atoms with E-state index in [1.807, 2.05) is 0 Å². The molecule has 1 saturated heterocycles. The Hall–Kier alpha value is -0.290. The van der Waals surface area contributed by atoms with Crippen LogP contribution < -0.4 is 5.73 Å². The minimum atomic E-state index is -4.29. The van der Waals surface area contributed by atoms with E-state index in [1.165, 1.54) is 0 Å². The van der Waals surface area contributed by atoms with Gasteiger partial charge in [-0.1, -0.05) is 0 Å². The number of nitrogens with two attached hydrogens (primary N) is 1. The minimum Gasteiger partial charge on any atom is -0.378 e. The molecular formula is C8H14F3NO. The van der Waals surface area contributed by atoms with Crippen molar-refractivity contribution in [1.29, 1.82) is 0 Å². The van der Waals surface area contributed by atoms with Crippen LogP contribution in [0.3, 0.4) is 0 Å². The normalized spacial score (nSPS) is 27.2. The fourth-order valence-electron chi connectivity index (χ4n) is 1.41. The number of halogens is 3. The molecule has 78 valence electrons. The highest BCUT2D eigenvalue weighted by molar-refractivity contribution is 4.76. The van der Waals surface area contributed by atoms with Crippen molar-refractivity contribution in [3.05, 3.63) is 0 Å². The molecular weight excluding hydrogens is 183 g/mol. The van der Waals surface area contributed by atoms with E-state index in [4.69, 9.17) is 10.5 Å². The lowest BCUT2D eigenvalue weighted by molar-refractivity contribution is -0.157. The molecule has 0 radical (unpaired) electrons. The molecule has 1 aliphatic heterocycles. The zero-order valence-corrected chi connectivity index (χ0v) is 7.31. The van der Waals surface area contributed by atoms with E-state index in [-0.39, 0.29) is 12.5 Å². The Labute approximate surface area is 75.2 Å². The third-order valence-corrected chi connectivity index (χ3v) is 2.21. The first-order valence-electron chi connectivity index (χ1n) is 4.44. The molecule has 0 saturated carbocycles. The first kappa shape index (κ1) is 10.8. The average Bonchev–Trinajstić information content (AvgIpc) is 2.04. The minimum absolute atomic E-state index is 0.108. The monoisotopic (exact) mass is 197 g/mol. The highest BCUT2D eigenvalue weighted by Crippen LogP contribution is 2.25. The first-order valence-corrected chi connectivity index (χ1v) is 4.44. The summed E-state index contributed by atoms with van der Waals surface area (Å²) >= 11 is 0. The summed E-state index contributed by atoms with van der Waals surface area (Å²) in [6.07, 6.45) is -2.12. The summed E-state index contributed by atoms with van der Waals surface area (Å²) in [4.78, 5) is 0. The topological polar surface area (TPSA) is 35.2 Å². The number of rotatable bonds is 2. The van der Waals surface area contributed by atoms with Crippen LogP contribution in [0.25, 0.3) is 0 Å². The van der Waals surface area contributed by atoms with Gasteiger partial charge in [0.1, 0.15) is 6.04 Å². The molecule has 2 N–H and O–H groups in total. The molecule has 1 fully saturated rings. The second-order valence-electron chi connectivity index (χ2n) is 3.37. The van der Waals surface area contributed by atoms with Crippen LogP contribution in [0, 0.1) is 0 Å². The van der Waals surface area contributed by atoms with Crippen molar-refractivity contribution in [2.75, 3.05) is 6.61 Å². The second-order valence-corrected chi connectivity index (χ2v) is 3.37. The summed E-state index contributed by atoms with van der Waals surface area (Å²) in [7, 11) is 0. The molecule has 0 spiro atoms. The molecule has 0 aromatic rings. The van der Waals surface area contributed by atoms with Crippen molar-refractivity contribution in [3.63, 3.8) is 0 Å². The molecule has 5 heteroatoms. The summed E-state index contributed by atoms with van der Waals surface area (Å²) in [6.45, 7) is 0.565. The quantitative estimate of drug-likeness (QED) is 0.733. The van der Waals surface area contributed by atoms with Gasteiger partial charge < -0.3 is 10.5 Å². The maximum Gasteiger partial charge on any atom is 0.403 e.